The monoisotopic (exact) mass is 2040 g/mol. The average molecular weight is 2050 g/mol. The van der Waals surface area contributed by atoms with Crippen LogP contribution in [-0.4, -0.2) is 138 Å². The molecule has 30 nitrogen and oxygen atoms in total. The number of halogens is 10. The van der Waals surface area contributed by atoms with E-state index in [-0.39, 0.29) is 58.1 Å². The van der Waals surface area contributed by atoms with Crippen molar-refractivity contribution in [3.8, 4) is 69.0 Å². The Kier molecular flexibility index (Phi) is 28.0. The molecule has 24 rings (SSSR count). The predicted octanol–water partition coefficient (Wildman–Crippen LogP) is 24.0. The molecule has 2 atom stereocenters. The molecule has 12 heterocycles. The third-order valence-electron chi connectivity index (χ3n) is 23.5. The maximum Gasteiger partial charge on any atom is 0.164 e. The van der Waals surface area contributed by atoms with Crippen LogP contribution in [0.4, 0.5) is 104 Å². The smallest absolute Gasteiger partial charge is 0.164 e. The lowest BCUT2D eigenvalue weighted by molar-refractivity contribution is 0.0433. The number of nitrogens with zero attached hydrogens (tertiary/aromatic N) is 12. The summed E-state index contributed by atoms with van der Waals surface area (Å²) in [4.78, 5) is 50.7. The fourth-order valence-electron chi connectivity index (χ4n) is 15.7. The van der Waals surface area contributed by atoms with E-state index in [1.54, 1.807) is 119 Å². The molecule has 12 aromatic carbocycles. The SMILES string of the molecule is Cc1c(Br)ccc(Nc2ncnc3cc4c(cc23)OCCO4)c1F.Cc1c(F)ccc(Nc2ncnc3cc4c(cc23)OCCO4)c1F.Cc1cc(Cl)cc(Nc2ncnc3cc4c(cc23)OCCO4)c1F.Cc1ccc(F)c(Nc2ncnc3cc4c(cc23)OCCO4)c1.Cc1ccc(F)c(Nc2ncnc3cc4c(cc23)OCCO4)c1F.Cc1cccc(Nc2ncnc3cc4c(cc23)O[C@@H](C)[C@@H](C)O4)c1F. The van der Waals surface area contributed by atoms with E-state index < -0.39 is 23.3 Å². The van der Waals surface area contributed by atoms with Crippen molar-refractivity contribution in [2.45, 2.75) is 67.6 Å². The Morgan fingerprint density at radius 1 is 0.271 bits per heavy atom. The number of hydrogen-bond donors (Lipinski definition) is 6. The van der Waals surface area contributed by atoms with Crippen molar-refractivity contribution in [3.63, 3.8) is 0 Å². The van der Waals surface area contributed by atoms with Crippen molar-refractivity contribution in [3.05, 3.63) is 285 Å². The van der Waals surface area contributed by atoms with Gasteiger partial charge < -0.3 is 88.7 Å². The molecule has 0 saturated heterocycles. The van der Waals surface area contributed by atoms with E-state index >= 15 is 0 Å². The van der Waals surface area contributed by atoms with Crippen LogP contribution in [0.2, 0.25) is 5.02 Å². The van der Waals surface area contributed by atoms with Gasteiger partial charge in [-0.2, -0.15) is 0 Å². The highest BCUT2D eigenvalue weighted by molar-refractivity contribution is 9.10. The number of ether oxygens (including phenoxy) is 12. The fourth-order valence-corrected chi connectivity index (χ4v) is 16.3. The number of rotatable bonds is 12. The molecule has 6 aromatic heterocycles. The lowest BCUT2D eigenvalue weighted by Crippen LogP contribution is -2.34. The Morgan fingerprint density at radius 2 is 0.576 bits per heavy atom. The van der Waals surface area contributed by atoms with Crippen LogP contribution >= 0.6 is 27.5 Å². The number of benzene rings is 12. The second-order valence-corrected chi connectivity index (χ2v) is 34.5. The molecule has 0 radical (unpaired) electrons. The minimum absolute atomic E-state index is 0.0363. The average Bonchev–Trinajstić information content (AvgIpc) is 0.773. The highest BCUT2D eigenvalue weighted by atomic mass is 79.9. The number of fused-ring (bicyclic) bond motifs is 12. The van der Waals surface area contributed by atoms with Gasteiger partial charge in [-0.1, -0.05) is 51.8 Å². The largest absolute Gasteiger partial charge is 0.486 e. The van der Waals surface area contributed by atoms with Crippen molar-refractivity contribution in [1.29, 1.82) is 0 Å². The van der Waals surface area contributed by atoms with E-state index in [9.17, 15) is 35.1 Å². The van der Waals surface area contributed by atoms with Crippen LogP contribution in [-0.2, 0) is 0 Å². The zero-order valence-corrected chi connectivity index (χ0v) is 80.1. The van der Waals surface area contributed by atoms with Gasteiger partial charge in [-0.05, 0) is 175 Å². The summed E-state index contributed by atoms with van der Waals surface area (Å²) in [5.74, 6) is 6.30. The van der Waals surface area contributed by atoms with Gasteiger partial charge in [0.1, 0.15) is 186 Å². The molecule has 6 aliphatic heterocycles. The molecule has 0 fully saturated rings. The van der Waals surface area contributed by atoms with Crippen LogP contribution in [0.5, 0.6) is 69.0 Å². The third kappa shape index (κ3) is 20.9. The fraction of sp³-hybridized carbons (Fsp3) is 0.192. The van der Waals surface area contributed by atoms with Gasteiger partial charge in [-0.25, -0.2) is 94.9 Å². The molecule has 0 unspecified atom stereocenters. The number of hydrogen-bond acceptors (Lipinski definition) is 30. The molecule has 0 spiro atoms. The second kappa shape index (κ2) is 42.0. The van der Waals surface area contributed by atoms with Crippen LogP contribution in [0.25, 0.3) is 65.4 Å². The van der Waals surface area contributed by atoms with Crippen LogP contribution in [0, 0.1) is 88.1 Å². The molecule has 144 heavy (non-hydrogen) atoms. The highest BCUT2D eigenvalue weighted by Crippen LogP contribution is 2.46. The van der Waals surface area contributed by atoms with Gasteiger partial charge in [-0.15, -0.1) is 0 Å². The summed E-state index contributed by atoms with van der Waals surface area (Å²) in [5, 5.41) is 22.4. The molecule has 40 heteroatoms. The third-order valence-corrected chi connectivity index (χ3v) is 24.5. The van der Waals surface area contributed by atoms with E-state index in [0.717, 1.165) is 26.2 Å². The number of anilines is 12. The van der Waals surface area contributed by atoms with Crippen LogP contribution in [0.1, 0.15) is 47.2 Å². The van der Waals surface area contributed by atoms with Gasteiger partial charge in [0.15, 0.2) is 86.4 Å². The molecular weight excluding hydrogens is 1960 g/mol. The zero-order valence-electron chi connectivity index (χ0n) is 77.7. The first-order valence-electron chi connectivity index (χ1n) is 45.0. The summed E-state index contributed by atoms with van der Waals surface area (Å²) in [6.07, 6.45) is 8.34. The van der Waals surface area contributed by atoms with Crippen molar-refractivity contribution in [1.82, 2.24) is 59.8 Å². The minimum Gasteiger partial charge on any atom is -0.486 e. The number of aromatic nitrogens is 12. The van der Waals surface area contributed by atoms with E-state index in [0.29, 0.717) is 264 Å². The lowest BCUT2D eigenvalue weighted by Gasteiger charge is -2.30. The quantitative estimate of drug-likeness (QED) is 0.0619. The Labute approximate surface area is 828 Å². The summed E-state index contributed by atoms with van der Waals surface area (Å²) in [7, 11) is 0. The molecule has 0 saturated carbocycles. The molecule has 6 aliphatic rings. The molecule has 18 aromatic rings. The van der Waals surface area contributed by atoms with Crippen LogP contribution in [0.15, 0.2) is 200 Å². The molecule has 732 valence electrons. The van der Waals surface area contributed by atoms with Gasteiger partial charge in [0, 0.05) is 89.3 Å². The van der Waals surface area contributed by atoms with E-state index in [1.807, 2.05) is 51.1 Å². The maximum absolute atomic E-state index is 14.4. The summed E-state index contributed by atoms with van der Waals surface area (Å²) >= 11 is 9.35. The van der Waals surface area contributed by atoms with E-state index in [1.165, 1.54) is 81.3 Å². The molecule has 0 amide bonds. The van der Waals surface area contributed by atoms with Crippen molar-refractivity contribution in [2.24, 2.45) is 0 Å². The maximum atomic E-state index is 14.4. The molecular formula is C104H84BrClF8N18O12. The standard InChI is InChI=1S/C19H18FN3O2.C17H13BrFN3O2.C17H13ClFN3O2.2C17H13F2N3O2.C17H14FN3O2/c1-10-5-4-6-14(18(10)20)23-19-13-7-16-17(8-15(13)21-9-22-19)25-12(3)11(2)24-16;1-9-11(18)2-3-12(16(9)19)22-17-10-6-14-15(24-5-4-23-14)7-13(10)20-8-21-17;1-9-4-10(18)5-13(16(9)19)22-17-11-6-14-15(24-3-2-23-14)7-12(11)20-8-21-17;1-9-11(18)2-3-12(16(9)19)22-17-10-6-14-15(24-5-4-23-14)7-13(10)20-8-21-17;1-9-2-3-11(18)16(15(9)19)22-17-10-6-13-14(24-5-4-23-13)7-12(10)20-8-21-17;1-10-2-3-12(18)14(6-10)21-17-11-7-15-16(23-5-4-22-15)8-13(11)19-9-20-17/h4-9,11-12H,1-3H3,(H,21,22,23);2-3,6-8H,4-5H2,1H3,(H,20,21,22);4-8H,2-3H2,1H3,(H,20,21,22);2*2-3,6-8H,4-5H2,1H3,(H,20,21,22);2-3,6-9H,4-5H2,1H3,(H,19,20,21)/t11-,12+;;;;;/m0...../s1. The Hall–Kier alpha value is -16.7. The first-order chi connectivity index (χ1) is 69.7. The van der Waals surface area contributed by atoms with Gasteiger partial charge in [0.2, 0.25) is 0 Å². The van der Waals surface area contributed by atoms with Gasteiger partial charge in [0.25, 0.3) is 0 Å². The van der Waals surface area contributed by atoms with E-state index in [2.05, 4.69) is 108 Å². The van der Waals surface area contributed by atoms with Crippen LogP contribution < -0.4 is 88.7 Å². The summed E-state index contributed by atoms with van der Waals surface area (Å²) < 4.78 is 181. The minimum atomic E-state index is -0.692. The van der Waals surface area contributed by atoms with Gasteiger partial charge in [0.05, 0.1) is 61.5 Å². The van der Waals surface area contributed by atoms with Crippen molar-refractivity contribution in [2.75, 3.05) is 98.0 Å². The van der Waals surface area contributed by atoms with E-state index in [4.69, 9.17) is 68.4 Å². The number of nitrogens with one attached hydrogen (secondary N) is 6. The summed E-state index contributed by atoms with van der Waals surface area (Å²) in [5.41, 5.74) is 8.08. The molecule has 0 bridgehead atoms. The molecule has 0 aliphatic carbocycles. The predicted molar refractivity (Wildman–Crippen MR) is 532 cm³/mol. The normalized spacial score (nSPS) is 14.2. The first-order valence-corrected chi connectivity index (χ1v) is 46.2. The highest BCUT2D eigenvalue weighted by Gasteiger charge is 2.29. The lowest BCUT2D eigenvalue weighted by atomic mass is 10.1. The van der Waals surface area contributed by atoms with Gasteiger partial charge >= 0.3 is 0 Å². The van der Waals surface area contributed by atoms with Crippen molar-refractivity contribution < 1.29 is 92.0 Å². The first kappa shape index (κ1) is 96.2. The Morgan fingerprint density at radius 3 is 0.979 bits per heavy atom. The number of aryl methyl sites for hydroxylation is 4. The Balaban J connectivity index is 0.000000109. The Bertz CT molecular complexity index is 7890. The second-order valence-electron chi connectivity index (χ2n) is 33.2. The van der Waals surface area contributed by atoms with Crippen molar-refractivity contribution >= 4 is 162 Å². The zero-order chi connectivity index (χ0) is 100. The summed E-state index contributed by atoms with van der Waals surface area (Å²) in [6.45, 7) is 18.7. The topological polar surface area (TPSA) is 338 Å². The summed E-state index contributed by atoms with van der Waals surface area (Å²) in [6, 6.07) is 43.2. The van der Waals surface area contributed by atoms with Crippen LogP contribution in [0.3, 0.4) is 0 Å². The molecule has 6 N–H and O–H groups in total. The van der Waals surface area contributed by atoms with Gasteiger partial charge in [-0.3, -0.25) is 0 Å².